The lowest BCUT2D eigenvalue weighted by Crippen LogP contribution is -2.25. The summed E-state index contributed by atoms with van der Waals surface area (Å²) in [5.74, 6) is 3.06. The lowest BCUT2D eigenvalue weighted by atomic mass is 9.69. The Labute approximate surface area is 131 Å². The summed E-state index contributed by atoms with van der Waals surface area (Å²) in [5.41, 5.74) is 4.06. The van der Waals surface area contributed by atoms with Gasteiger partial charge in [-0.3, -0.25) is 0 Å². The zero-order chi connectivity index (χ0) is 15.4. The number of aryl methyl sites for hydroxylation is 1. The van der Waals surface area contributed by atoms with Crippen LogP contribution in [0, 0.1) is 30.6 Å². The van der Waals surface area contributed by atoms with Crippen LogP contribution in [0.1, 0.15) is 64.0 Å². The first-order valence-electron chi connectivity index (χ1n) is 8.75. The highest BCUT2D eigenvalue weighted by molar-refractivity contribution is 5.65. The van der Waals surface area contributed by atoms with Crippen molar-refractivity contribution >= 4 is 5.57 Å². The molecule has 1 aliphatic carbocycles. The maximum atomic E-state index is 4.51. The van der Waals surface area contributed by atoms with Crippen LogP contribution in [-0.4, -0.2) is 0 Å². The third-order valence-electron chi connectivity index (χ3n) is 5.38. The van der Waals surface area contributed by atoms with E-state index < -0.39 is 0 Å². The maximum Gasteiger partial charge on any atom is -0.0131 e. The average Bonchev–Trinajstić information content (AvgIpc) is 2.43. The first-order valence-corrected chi connectivity index (χ1v) is 8.75. The molecule has 21 heavy (non-hydrogen) atoms. The van der Waals surface area contributed by atoms with Crippen LogP contribution >= 0.6 is 0 Å². The monoisotopic (exact) mass is 284 g/mol. The van der Waals surface area contributed by atoms with Gasteiger partial charge in [0.15, 0.2) is 0 Å². The highest BCUT2D eigenvalue weighted by Gasteiger charge is 2.29. The van der Waals surface area contributed by atoms with E-state index in [9.17, 15) is 0 Å². The summed E-state index contributed by atoms with van der Waals surface area (Å²) in [5, 5.41) is 0. The Morgan fingerprint density at radius 2 is 1.71 bits per heavy atom. The van der Waals surface area contributed by atoms with Crippen molar-refractivity contribution in [1.82, 2.24) is 0 Å². The second-order valence-electron chi connectivity index (χ2n) is 7.53. The molecule has 1 aliphatic rings. The van der Waals surface area contributed by atoms with Gasteiger partial charge in [-0.05, 0) is 54.6 Å². The predicted octanol–water partition coefficient (Wildman–Crippen LogP) is 6.50. The summed E-state index contributed by atoms with van der Waals surface area (Å²) in [6.07, 6.45) is 6.86. The number of hydrogen-bond acceptors (Lipinski definition) is 0. The Hall–Kier alpha value is -1.04. The van der Waals surface area contributed by atoms with Gasteiger partial charge in [-0.2, -0.15) is 0 Å². The van der Waals surface area contributed by atoms with Crippen LogP contribution in [0.15, 0.2) is 30.8 Å². The van der Waals surface area contributed by atoms with Crippen molar-refractivity contribution in [2.24, 2.45) is 23.7 Å². The van der Waals surface area contributed by atoms with E-state index >= 15 is 0 Å². The molecule has 0 aliphatic heterocycles. The molecule has 0 nitrogen and oxygen atoms in total. The lowest BCUT2D eigenvalue weighted by molar-refractivity contribution is 0.210. The fourth-order valence-electron chi connectivity index (χ4n) is 3.97. The summed E-state index contributed by atoms with van der Waals surface area (Å²) >= 11 is 0. The van der Waals surface area contributed by atoms with Gasteiger partial charge in [-0.25, -0.2) is 0 Å². The van der Waals surface area contributed by atoms with Crippen LogP contribution in [0.25, 0.3) is 5.57 Å². The smallest absolute Gasteiger partial charge is 0.0131 e. The van der Waals surface area contributed by atoms with Crippen LogP contribution in [0.5, 0.6) is 0 Å². The number of rotatable bonds is 3. The molecule has 3 atom stereocenters. The molecule has 0 radical (unpaired) electrons. The molecule has 0 aromatic heterocycles. The van der Waals surface area contributed by atoms with E-state index in [1.54, 1.807) is 0 Å². The zero-order valence-electron chi connectivity index (χ0n) is 14.4. The van der Waals surface area contributed by atoms with E-state index in [-0.39, 0.29) is 0 Å². The van der Waals surface area contributed by atoms with Crippen molar-refractivity contribution in [1.29, 1.82) is 0 Å². The molecule has 1 aromatic carbocycles. The van der Waals surface area contributed by atoms with Crippen LogP contribution in [0.4, 0.5) is 0 Å². The Morgan fingerprint density at radius 3 is 2.33 bits per heavy atom. The molecule has 0 N–H and O–H groups in total. The Bertz CT molecular complexity index is 451. The summed E-state index contributed by atoms with van der Waals surface area (Å²) in [7, 11) is 0. The summed E-state index contributed by atoms with van der Waals surface area (Å²) in [4.78, 5) is 0. The minimum Gasteiger partial charge on any atom is -0.0949 e. The second kappa shape index (κ2) is 7.29. The van der Waals surface area contributed by atoms with Gasteiger partial charge in [-0.1, -0.05) is 76.4 Å². The number of benzene rings is 1. The minimum absolute atomic E-state index is 0.662. The number of allylic oxidation sites excluding steroid dienone is 1. The molecule has 0 amide bonds. The topological polar surface area (TPSA) is 0 Å². The molecule has 0 bridgehead atoms. The highest BCUT2D eigenvalue weighted by atomic mass is 14.3. The molecule has 0 heteroatoms. The van der Waals surface area contributed by atoms with E-state index in [0.717, 1.165) is 17.8 Å². The second-order valence-corrected chi connectivity index (χ2v) is 7.53. The third kappa shape index (κ3) is 4.22. The molecule has 3 unspecified atom stereocenters. The zero-order valence-corrected chi connectivity index (χ0v) is 14.4. The van der Waals surface area contributed by atoms with Gasteiger partial charge in [0.05, 0.1) is 0 Å². The van der Waals surface area contributed by atoms with Crippen LogP contribution in [0.3, 0.4) is 0 Å². The van der Waals surface area contributed by atoms with Crippen LogP contribution in [-0.2, 0) is 0 Å². The summed E-state index contributed by atoms with van der Waals surface area (Å²) in [6.45, 7) is 13.9. The number of hydrogen-bond donors (Lipinski definition) is 0. The van der Waals surface area contributed by atoms with Gasteiger partial charge in [0.2, 0.25) is 0 Å². The molecule has 1 aromatic rings. The van der Waals surface area contributed by atoms with Gasteiger partial charge in [0, 0.05) is 0 Å². The van der Waals surface area contributed by atoms with Crippen molar-refractivity contribution in [2.75, 3.05) is 0 Å². The molecule has 1 fully saturated rings. The summed E-state index contributed by atoms with van der Waals surface area (Å²) < 4.78 is 0. The Balaban J connectivity index is 2.23. The molecular formula is C21H32. The fraction of sp³-hybridized carbons (Fsp3) is 0.619. The largest absolute Gasteiger partial charge is 0.0949 e. The quantitative estimate of drug-likeness (QED) is 0.594. The molecular weight excluding hydrogens is 252 g/mol. The summed E-state index contributed by atoms with van der Waals surface area (Å²) in [6, 6.07) is 8.96. The van der Waals surface area contributed by atoms with E-state index in [1.165, 1.54) is 48.8 Å². The average molecular weight is 284 g/mol. The van der Waals surface area contributed by atoms with E-state index in [2.05, 4.69) is 58.5 Å². The van der Waals surface area contributed by atoms with E-state index in [1.807, 2.05) is 0 Å². The molecule has 0 saturated heterocycles. The first-order chi connectivity index (χ1) is 9.99. The van der Waals surface area contributed by atoms with Crippen LogP contribution in [0.2, 0.25) is 0 Å². The maximum absolute atomic E-state index is 4.51. The van der Waals surface area contributed by atoms with Crippen molar-refractivity contribution in [3.63, 3.8) is 0 Å². The van der Waals surface area contributed by atoms with Gasteiger partial charge in [0.25, 0.3) is 0 Å². The predicted molar refractivity (Wildman–Crippen MR) is 94.3 cm³/mol. The molecule has 1 saturated carbocycles. The van der Waals surface area contributed by atoms with Crippen molar-refractivity contribution in [3.8, 4) is 0 Å². The van der Waals surface area contributed by atoms with Gasteiger partial charge >= 0.3 is 0 Å². The Morgan fingerprint density at radius 1 is 1.10 bits per heavy atom. The van der Waals surface area contributed by atoms with Gasteiger partial charge in [-0.15, -0.1) is 0 Å². The minimum atomic E-state index is 0.662. The molecule has 0 heterocycles. The lowest BCUT2D eigenvalue weighted by Gasteiger charge is -2.36. The van der Waals surface area contributed by atoms with Crippen molar-refractivity contribution < 1.29 is 0 Å². The fourth-order valence-corrected chi connectivity index (χ4v) is 3.97. The third-order valence-corrected chi connectivity index (χ3v) is 5.38. The van der Waals surface area contributed by atoms with Crippen molar-refractivity contribution in [3.05, 3.63) is 42.0 Å². The van der Waals surface area contributed by atoms with Gasteiger partial charge in [0.1, 0.15) is 0 Å². The molecule has 2 rings (SSSR count). The SMILES string of the molecule is C=C(c1ccc(C)cc1)C1CCCCC(C)CC1C(C)C. The Kier molecular flexibility index (Phi) is 5.67. The highest BCUT2D eigenvalue weighted by Crippen LogP contribution is 2.41. The normalized spacial score (nSPS) is 27.2. The van der Waals surface area contributed by atoms with Crippen molar-refractivity contribution in [2.45, 2.75) is 59.8 Å². The molecule has 0 spiro atoms. The first kappa shape index (κ1) is 16.3. The molecule has 116 valence electrons. The van der Waals surface area contributed by atoms with Gasteiger partial charge < -0.3 is 0 Å². The van der Waals surface area contributed by atoms with Crippen LogP contribution < -0.4 is 0 Å². The van der Waals surface area contributed by atoms with E-state index in [0.29, 0.717) is 5.92 Å². The van der Waals surface area contributed by atoms with E-state index in [4.69, 9.17) is 0 Å². The standard InChI is InChI=1S/C21H32/c1-15(2)21-14-17(4)8-6-7-9-20(21)18(5)19-12-10-16(3)11-13-19/h10-13,15,17,20-21H,5-9,14H2,1-4H3.